The molecule has 158 valence electrons. The highest BCUT2D eigenvalue weighted by atomic mass is 32.1. The molecule has 1 aromatic carbocycles. The molecule has 1 amide bonds. The first-order valence-corrected chi connectivity index (χ1v) is 11.0. The van der Waals surface area contributed by atoms with Crippen molar-refractivity contribution in [3.63, 3.8) is 0 Å². The molecule has 0 radical (unpaired) electrons. The van der Waals surface area contributed by atoms with Crippen LogP contribution in [0.3, 0.4) is 0 Å². The second kappa shape index (κ2) is 9.24. The van der Waals surface area contributed by atoms with Gasteiger partial charge >= 0.3 is 0 Å². The minimum atomic E-state index is -0.0713. The van der Waals surface area contributed by atoms with E-state index in [1.807, 2.05) is 56.3 Å². The molecule has 3 heterocycles. The first-order valence-electron chi connectivity index (χ1n) is 10.1. The van der Waals surface area contributed by atoms with Crippen LogP contribution in [0, 0.1) is 13.8 Å². The number of nitrogens with zero attached hydrogens (tertiary/aromatic N) is 3. The van der Waals surface area contributed by atoms with Gasteiger partial charge in [-0.25, -0.2) is 4.98 Å². The van der Waals surface area contributed by atoms with Gasteiger partial charge in [-0.2, -0.15) is 0 Å². The number of thiazole rings is 1. The van der Waals surface area contributed by atoms with Crippen LogP contribution in [0.1, 0.15) is 38.6 Å². The number of carbonyl (C=O) groups is 1. The first kappa shape index (κ1) is 21.0. The topological polar surface area (TPSA) is 85.8 Å². The summed E-state index contributed by atoms with van der Waals surface area (Å²) in [5, 5.41) is 6.06. The number of rotatable bonds is 7. The van der Waals surface area contributed by atoms with Crippen molar-refractivity contribution in [1.29, 1.82) is 0 Å². The Morgan fingerprint density at radius 2 is 1.81 bits per heavy atom. The minimum Gasteiger partial charge on any atom is -0.348 e. The van der Waals surface area contributed by atoms with E-state index in [0.29, 0.717) is 25.2 Å². The molecule has 31 heavy (non-hydrogen) atoms. The first-order chi connectivity index (χ1) is 15.0. The Balaban J connectivity index is 1.45. The molecule has 0 aliphatic carbocycles. The van der Waals surface area contributed by atoms with Crippen LogP contribution < -0.4 is 11.1 Å². The number of amides is 1. The Bertz CT molecular complexity index is 1180. The molecular formula is C24H25N5OS. The van der Waals surface area contributed by atoms with Crippen molar-refractivity contribution in [2.24, 2.45) is 5.73 Å². The van der Waals surface area contributed by atoms with Gasteiger partial charge in [0.2, 0.25) is 0 Å². The molecule has 4 aromatic rings. The summed E-state index contributed by atoms with van der Waals surface area (Å²) in [4.78, 5) is 21.6. The van der Waals surface area contributed by atoms with E-state index in [9.17, 15) is 4.79 Å². The summed E-state index contributed by atoms with van der Waals surface area (Å²) in [5.74, 6) is -0.0713. The number of carbonyl (C=O) groups excluding carboxylic acids is 1. The van der Waals surface area contributed by atoms with Gasteiger partial charge in [0, 0.05) is 47.8 Å². The molecule has 0 bridgehead atoms. The number of benzene rings is 1. The fourth-order valence-electron chi connectivity index (χ4n) is 3.51. The SMILES string of the molecule is Cc1cc(C(=O)NCc2ccc(CN)cc2)c(C)n1Cc1csc(-c2ccncc2)n1. The Morgan fingerprint density at radius 1 is 1.10 bits per heavy atom. The van der Waals surface area contributed by atoms with Crippen molar-refractivity contribution in [2.75, 3.05) is 0 Å². The number of aromatic nitrogens is 3. The predicted molar refractivity (Wildman–Crippen MR) is 124 cm³/mol. The molecule has 3 N–H and O–H groups in total. The average molecular weight is 432 g/mol. The largest absolute Gasteiger partial charge is 0.348 e. The van der Waals surface area contributed by atoms with E-state index in [1.165, 1.54) is 0 Å². The van der Waals surface area contributed by atoms with Gasteiger partial charge in [-0.05, 0) is 43.2 Å². The minimum absolute atomic E-state index is 0.0713. The van der Waals surface area contributed by atoms with E-state index in [0.717, 1.165) is 38.8 Å². The van der Waals surface area contributed by atoms with Crippen LogP contribution in [-0.4, -0.2) is 20.4 Å². The van der Waals surface area contributed by atoms with Crippen molar-refractivity contribution in [2.45, 2.75) is 33.5 Å². The third kappa shape index (κ3) is 4.73. The van der Waals surface area contributed by atoms with Gasteiger partial charge in [-0.15, -0.1) is 11.3 Å². The number of hydrogen-bond donors (Lipinski definition) is 2. The van der Waals surface area contributed by atoms with Crippen molar-refractivity contribution in [3.05, 3.63) is 94.0 Å². The molecule has 0 unspecified atom stereocenters. The van der Waals surface area contributed by atoms with Crippen LogP contribution in [0.15, 0.2) is 60.2 Å². The second-order valence-electron chi connectivity index (χ2n) is 7.45. The van der Waals surface area contributed by atoms with Gasteiger partial charge in [-0.3, -0.25) is 9.78 Å². The van der Waals surface area contributed by atoms with E-state index < -0.39 is 0 Å². The Hall–Kier alpha value is -3.29. The summed E-state index contributed by atoms with van der Waals surface area (Å²) in [5.41, 5.74) is 12.5. The Kier molecular flexibility index (Phi) is 6.25. The summed E-state index contributed by atoms with van der Waals surface area (Å²) in [6.07, 6.45) is 3.54. The van der Waals surface area contributed by atoms with Crippen LogP contribution >= 0.6 is 11.3 Å². The van der Waals surface area contributed by atoms with Crippen LogP contribution in [0.5, 0.6) is 0 Å². The van der Waals surface area contributed by atoms with E-state index in [4.69, 9.17) is 10.7 Å². The molecule has 7 heteroatoms. The maximum Gasteiger partial charge on any atom is 0.253 e. The Labute approximate surface area is 185 Å². The number of hydrogen-bond acceptors (Lipinski definition) is 5. The molecule has 0 atom stereocenters. The highest BCUT2D eigenvalue weighted by molar-refractivity contribution is 7.13. The second-order valence-corrected chi connectivity index (χ2v) is 8.31. The molecular weight excluding hydrogens is 406 g/mol. The standard InChI is InChI=1S/C24H25N5OS/c1-16-11-22(23(30)27-13-19-5-3-18(12-25)4-6-19)17(2)29(16)14-21-15-31-24(28-21)20-7-9-26-10-8-20/h3-11,15H,12-14,25H2,1-2H3,(H,27,30). The smallest absolute Gasteiger partial charge is 0.253 e. The third-order valence-corrected chi connectivity index (χ3v) is 6.27. The quantitative estimate of drug-likeness (QED) is 0.462. The normalized spacial score (nSPS) is 10.9. The van der Waals surface area contributed by atoms with E-state index >= 15 is 0 Å². The van der Waals surface area contributed by atoms with Crippen LogP contribution in [0.25, 0.3) is 10.6 Å². The third-order valence-electron chi connectivity index (χ3n) is 5.33. The van der Waals surface area contributed by atoms with Crippen molar-refractivity contribution < 1.29 is 4.79 Å². The van der Waals surface area contributed by atoms with Gasteiger partial charge < -0.3 is 15.6 Å². The summed E-state index contributed by atoms with van der Waals surface area (Å²) >= 11 is 1.62. The highest BCUT2D eigenvalue weighted by Gasteiger charge is 2.16. The van der Waals surface area contributed by atoms with E-state index in [2.05, 4.69) is 20.2 Å². The molecule has 0 spiro atoms. The zero-order valence-corrected chi connectivity index (χ0v) is 18.4. The zero-order chi connectivity index (χ0) is 21.8. The molecule has 0 saturated heterocycles. The summed E-state index contributed by atoms with van der Waals surface area (Å²) in [6.45, 7) is 5.63. The molecule has 6 nitrogen and oxygen atoms in total. The maximum atomic E-state index is 12.8. The average Bonchev–Trinajstić information content (AvgIpc) is 3.39. The lowest BCUT2D eigenvalue weighted by Gasteiger charge is -2.09. The number of nitrogens with one attached hydrogen (secondary N) is 1. The molecule has 0 aliphatic rings. The van der Waals surface area contributed by atoms with Gasteiger partial charge in [0.15, 0.2) is 0 Å². The fourth-order valence-corrected chi connectivity index (χ4v) is 4.33. The lowest BCUT2D eigenvalue weighted by molar-refractivity contribution is 0.0950. The van der Waals surface area contributed by atoms with Crippen molar-refractivity contribution >= 4 is 17.2 Å². The summed E-state index contributed by atoms with van der Waals surface area (Å²) < 4.78 is 2.14. The summed E-state index contributed by atoms with van der Waals surface area (Å²) in [7, 11) is 0. The van der Waals surface area contributed by atoms with Gasteiger partial charge in [0.25, 0.3) is 5.91 Å². The van der Waals surface area contributed by atoms with E-state index in [1.54, 1.807) is 23.7 Å². The summed E-state index contributed by atoms with van der Waals surface area (Å²) in [6, 6.07) is 13.8. The lowest BCUT2D eigenvalue weighted by Crippen LogP contribution is -2.23. The molecule has 3 aromatic heterocycles. The monoisotopic (exact) mass is 431 g/mol. The number of pyridine rings is 1. The van der Waals surface area contributed by atoms with Crippen molar-refractivity contribution in [3.8, 4) is 10.6 Å². The molecule has 0 saturated carbocycles. The number of aryl methyl sites for hydroxylation is 1. The fraction of sp³-hybridized carbons (Fsp3) is 0.208. The Morgan fingerprint density at radius 3 is 2.52 bits per heavy atom. The van der Waals surface area contributed by atoms with Gasteiger partial charge in [0.1, 0.15) is 5.01 Å². The lowest BCUT2D eigenvalue weighted by atomic mass is 10.1. The zero-order valence-electron chi connectivity index (χ0n) is 17.6. The van der Waals surface area contributed by atoms with Gasteiger partial charge in [0.05, 0.1) is 17.8 Å². The van der Waals surface area contributed by atoms with Crippen LogP contribution in [0.4, 0.5) is 0 Å². The van der Waals surface area contributed by atoms with E-state index in [-0.39, 0.29) is 5.91 Å². The van der Waals surface area contributed by atoms with Crippen LogP contribution in [0.2, 0.25) is 0 Å². The predicted octanol–water partition coefficient (Wildman–Crippen LogP) is 4.06. The maximum absolute atomic E-state index is 12.8. The number of nitrogens with two attached hydrogens (primary N) is 1. The van der Waals surface area contributed by atoms with Crippen LogP contribution in [-0.2, 0) is 19.6 Å². The molecule has 0 fully saturated rings. The van der Waals surface area contributed by atoms with Gasteiger partial charge in [-0.1, -0.05) is 24.3 Å². The molecule has 4 rings (SSSR count). The molecule has 0 aliphatic heterocycles. The highest BCUT2D eigenvalue weighted by Crippen LogP contribution is 2.24. The van der Waals surface area contributed by atoms with Crippen molar-refractivity contribution in [1.82, 2.24) is 19.9 Å².